The van der Waals surface area contributed by atoms with Crippen molar-refractivity contribution in [2.75, 3.05) is 6.61 Å². The fourth-order valence-corrected chi connectivity index (χ4v) is 7.40. The van der Waals surface area contributed by atoms with E-state index in [4.69, 9.17) is 27.3 Å². The Balaban J connectivity index is 1.40. The summed E-state index contributed by atoms with van der Waals surface area (Å²) in [5.74, 6) is 0. The monoisotopic (exact) mass is 666 g/mol. The molecular formula is C34H34O10S2. The third kappa shape index (κ3) is 7.40. The highest BCUT2D eigenvalue weighted by molar-refractivity contribution is 7.87. The van der Waals surface area contributed by atoms with Crippen LogP contribution in [-0.4, -0.2) is 54.1 Å². The van der Waals surface area contributed by atoms with E-state index in [1.54, 1.807) is 36.4 Å². The molecule has 2 aliphatic rings. The summed E-state index contributed by atoms with van der Waals surface area (Å²) in [6.07, 6.45) is -7.45. The van der Waals surface area contributed by atoms with Crippen molar-refractivity contribution in [3.63, 3.8) is 0 Å². The standard InChI is InChI=1S/C34H34O10S2/c1-23-13-17-27(18-14-23)45(35,36)43-31-30-29(22-40-33(42-30)26-11-7-4-8-12-26)41-34(39-21-25-9-5-3-6-10-25)32(31)44-46(37,38)28-19-15-24(2)16-20-28/h3-20,29-34H,21-22H2,1-2H3. The predicted molar refractivity (Wildman–Crippen MR) is 166 cm³/mol. The van der Waals surface area contributed by atoms with E-state index >= 15 is 0 Å². The van der Waals surface area contributed by atoms with Crippen molar-refractivity contribution in [1.29, 1.82) is 0 Å². The van der Waals surface area contributed by atoms with E-state index in [1.165, 1.54) is 24.3 Å². The van der Waals surface area contributed by atoms with Gasteiger partial charge in [-0.05, 0) is 43.7 Å². The van der Waals surface area contributed by atoms with Gasteiger partial charge in [0.05, 0.1) is 23.0 Å². The van der Waals surface area contributed by atoms with Crippen LogP contribution in [0.2, 0.25) is 0 Å². The summed E-state index contributed by atoms with van der Waals surface area (Å²) in [6.45, 7) is 3.65. The minimum atomic E-state index is -4.48. The Hall–Kier alpha value is -3.46. The van der Waals surface area contributed by atoms with E-state index in [0.717, 1.165) is 16.7 Å². The molecule has 4 aromatic rings. The van der Waals surface area contributed by atoms with Crippen molar-refractivity contribution >= 4 is 20.2 Å². The van der Waals surface area contributed by atoms with Crippen molar-refractivity contribution < 1.29 is 44.1 Å². The Morgan fingerprint density at radius 2 is 1.17 bits per heavy atom. The lowest BCUT2D eigenvalue weighted by Crippen LogP contribution is -2.64. The van der Waals surface area contributed by atoms with E-state index in [2.05, 4.69) is 0 Å². The number of hydrogen-bond acceptors (Lipinski definition) is 10. The quantitative estimate of drug-likeness (QED) is 0.209. The van der Waals surface area contributed by atoms with Gasteiger partial charge in [0, 0.05) is 5.56 Å². The molecule has 0 radical (unpaired) electrons. The molecule has 12 heteroatoms. The van der Waals surface area contributed by atoms with Gasteiger partial charge in [-0.1, -0.05) is 96.1 Å². The van der Waals surface area contributed by atoms with Gasteiger partial charge >= 0.3 is 0 Å². The molecule has 0 aromatic heterocycles. The third-order valence-corrected chi connectivity index (χ3v) is 10.4. The summed E-state index contributed by atoms with van der Waals surface area (Å²) in [4.78, 5) is -0.244. The second-order valence-electron chi connectivity index (χ2n) is 11.2. The van der Waals surface area contributed by atoms with Crippen LogP contribution in [0.5, 0.6) is 0 Å². The molecule has 0 N–H and O–H groups in total. The molecule has 2 saturated heterocycles. The maximum Gasteiger partial charge on any atom is 0.297 e. The summed E-state index contributed by atoms with van der Waals surface area (Å²) >= 11 is 0. The van der Waals surface area contributed by atoms with Crippen molar-refractivity contribution in [2.45, 2.75) is 67.2 Å². The Morgan fingerprint density at radius 3 is 1.74 bits per heavy atom. The molecule has 2 aliphatic heterocycles. The fourth-order valence-electron chi connectivity index (χ4n) is 5.24. The van der Waals surface area contributed by atoms with E-state index in [9.17, 15) is 16.8 Å². The summed E-state index contributed by atoms with van der Waals surface area (Å²) in [5.41, 5.74) is 3.15. The van der Waals surface area contributed by atoms with Crippen molar-refractivity contribution in [3.05, 3.63) is 131 Å². The highest BCUT2D eigenvalue weighted by Crippen LogP contribution is 2.39. The van der Waals surface area contributed by atoms with Gasteiger partial charge in [-0.25, -0.2) is 0 Å². The first-order valence-electron chi connectivity index (χ1n) is 14.7. The number of aryl methyl sites for hydroxylation is 2. The molecule has 242 valence electrons. The highest BCUT2D eigenvalue weighted by atomic mass is 32.2. The number of fused-ring (bicyclic) bond motifs is 1. The van der Waals surface area contributed by atoms with E-state index in [0.29, 0.717) is 5.56 Å². The molecule has 10 nitrogen and oxygen atoms in total. The first-order chi connectivity index (χ1) is 22.1. The molecule has 2 heterocycles. The van der Waals surface area contributed by atoms with Gasteiger partial charge in [0.25, 0.3) is 20.2 Å². The zero-order chi connectivity index (χ0) is 32.3. The molecule has 0 aliphatic carbocycles. The molecule has 6 unspecified atom stereocenters. The van der Waals surface area contributed by atoms with Gasteiger partial charge in [0.1, 0.15) is 18.3 Å². The maximum atomic E-state index is 13.7. The number of rotatable bonds is 10. The molecule has 2 fully saturated rings. The van der Waals surface area contributed by atoms with Gasteiger partial charge < -0.3 is 18.9 Å². The van der Waals surface area contributed by atoms with Crippen molar-refractivity contribution in [3.8, 4) is 0 Å². The first-order valence-corrected chi connectivity index (χ1v) is 17.5. The molecule has 0 bridgehead atoms. The van der Waals surface area contributed by atoms with Gasteiger partial charge in [0.2, 0.25) is 0 Å². The smallest absolute Gasteiger partial charge is 0.297 e. The second-order valence-corrected chi connectivity index (χ2v) is 14.3. The minimum Gasteiger partial charge on any atom is -0.346 e. The highest BCUT2D eigenvalue weighted by Gasteiger charge is 2.55. The van der Waals surface area contributed by atoms with Crippen molar-refractivity contribution in [2.24, 2.45) is 0 Å². The first kappa shape index (κ1) is 32.5. The average molecular weight is 667 g/mol. The van der Waals surface area contributed by atoms with Crippen LogP contribution in [0.4, 0.5) is 0 Å². The van der Waals surface area contributed by atoms with Crippen LogP contribution >= 0.6 is 0 Å². The number of benzene rings is 4. The van der Waals surface area contributed by atoms with Crippen LogP contribution in [0.25, 0.3) is 0 Å². The van der Waals surface area contributed by atoms with Crippen LogP contribution in [0.1, 0.15) is 28.5 Å². The van der Waals surface area contributed by atoms with Crippen LogP contribution in [0.15, 0.2) is 119 Å². The molecule has 0 amide bonds. The number of hydrogen-bond donors (Lipinski definition) is 0. The summed E-state index contributed by atoms with van der Waals surface area (Å²) < 4.78 is 91.2. The SMILES string of the molecule is Cc1ccc(S(=O)(=O)OC2C(OCc3ccccc3)OC3COC(c4ccccc4)OC3C2OS(=O)(=O)c2ccc(C)cc2)cc1. The Morgan fingerprint density at radius 1 is 0.652 bits per heavy atom. The van der Waals surface area contributed by atoms with Crippen molar-refractivity contribution in [1.82, 2.24) is 0 Å². The number of ether oxygens (including phenoxy) is 4. The molecule has 46 heavy (non-hydrogen) atoms. The van der Waals surface area contributed by atoms with Gasteiger partial charge in [0.15, 0.2) is 18.7 Å². The lowest BCUT2D eigenvalue weighted by Gasteiger charge is -2.48. The normalized spacial score (nSPS) is 25.1. The zero-order valence-corrected chi connectivity index (χ0v) is 26.8. The van der Waals surface area contributed by atoms with Crippen LogP contribution in [0, 0.1) is 13.8 Å². The summed E-state index contributed by atoms with van der Waals surface area (Å²) in [7, 11) is -8.94. The van der Waals surface area contributed by atoms with E-state index in [1.807, 2.05) is 62.4 Å². The molecule has 6 atom stereocenters. The van der Waals surface area contributed by atoms with Gasteiger partial charge in [-0.2, -0.15) is 16.8 Å². The zero-order valence-electron chi connectivity index (χ0n) is 25.2. The second kappa shape index (κ2) is 13.7. The Kier molecular flexibility index (Phi) is 9.69. The molecule has 0 saturated carbocycles. The molecule has 4 aromatic carbocycles. The Bertz CT molecular complexity index is 1810. The maximum absolute atomic E-state index is 13.7. The van der Waals surface area contributed by atoms with Gasteiger partial charge in [-0.3, -0.25) is 8.37 Å². The van der Waals surface area contributed by atoms with E-state index in [-0.39, 0.29) is 23.0 Å². The predicted octanol–water partition coefficient (Wildman–Crippen LogP) is 5.21. The molecule has 6 rings (SSSR count). The molecule has 0 spiro atoms. The van der Waals surface area contributed by atoms with E-state index < -0.39 is 57.2 Å². The fraction of sp³-hybridized carbons (Fsp3) is 0.294. The molecular weight excluding hydrogens is 632 g/mol. The average Bonchev–Trinajstić information content (AvgIpc) is 3.06. The largest absolute Gasteiger partial charge is 0.346 e. The lowest BCUT2D eigenvalue weighted by molar-refractivity contribution is -0.355. The Labute approximate surface area is 269 Å². The van der Waals surface area contributed by atoms with Gasteiger partial charge in [-0.15, -0.1) is 0 Å². The lowest BCUT2D eigenvalue weighted by atomic mass is 9.98. The topological polar surface area (TPSA) is 124 Å². The third-order valence-electron chi connectivity index (χ3n) is 7.71. The minimum absolute atomic E-state index is 0.0130. The van der Waals surface area contributed by atoms with Crippen LogP contribution in [-0.2, 0) is 54.2 Å². The van der Waals surface area contributed by atoms with Crippen LogP contribution in [0.3, 0.4) is 0 Å². The summed E-state index contributed by atoms with van der Waals surface area (Å²) in [5, 5.41) is 0. The summed E-state index contributed by atoms with van der Waals surface area (Å²) in [6, 6.07) is 30.5. The van der Waals surface area contributed by atoms with Crippen LogP contribution < -0.4 is 0 Å².